The number of hydrogen-bond acceptors (Lipinski definition) is 6. The molecule has 176 valence electrons. The number of nitrogens with zero attached hydrogens (tertiary/aromatic N) is 1. The number of carbonyl (C=O) groups is 1. The molecule has 0 radical (unpaired) electrons. The second kappa shape index (κ2) is 9.88. The third kappa shape index (κ3) is 7.19. The Kier molecular flexibility index (Phi) is 8.16. The highest BCUT2D eigenvalue weighted by Crippen LogP contribution is 2.33. The Bertz CT molecular complexity index is 842. The molecule has 31 heavy (non-hydrogen) atoms. The molecule has 2 atom stereocenters. The van der Waals surface area contributed by atoms with Crippen molar-refractivity contribution in [3.05, 3.63) is 29.8 Å². The van der Waals surface area contributed by atoms with E-state index in [1.165, 1.54) is 0 Å². The summed E-state index contributed by atoms with van der Waals surface area (Å²) in [7, 11) is -3.84. The molecule has 1 aromatic rings. The summed E-state index contributed by atoms with van der Waals surface area (Å²) in [4.78, 5) is 14.6. The fourth-order valence-corrected chi connectivity index (χ4v) is 4.74. The first-order valence-electron chi connectivity index (χ1n) is 10.9. The number of ether oxygens (including phenoxy) is 2. The fourth-order valence-electron chi connectivity index (χ4n) is 3.76. The van der Waals surface area contributed by atoms with E-state index in [-0.39, 0.29) is 23.5 Å². The van der Waals surface area contributed by atoms with Crippen LogP contribution >= 0.6 is 0 Å². The van der Waals surface area contributed by atoms with Crippen molar-refractivity contribution in [2.75, 3.05) is 13.2 Å². The minimum Gasteiger partial charge on any atom is -0.444 e. The Morgan fingerprint density at radius 3 is 2.42 bits per heavy atom. The molecule has 0 bridgehead atoms. The molecule has 2 rings (SSSR count). The summed E-state index contributed by atoms with van der Waals surface area (Å²) in [6.07, 6.45) is 1.80. The summed E-state index contributed by atoms with van der Waals surface area (Å²) in [6.45, 7) is 13.5. The molecule has 0 unspecified atom stereocenters. The predicted octanol–water partition coefficient (Wildman–Crippen LogP) is 4.88. The molecule has 1 aromatic carbocycles. The maximum absolute atomic E-state index is 12.9. The van der Waals surface area contributed by atoms with Gasteiger partial charge in [0.1, 0.15) is 11.3 Å². The maximum Gasteiger partial charge on any atom is 0.412 e. The molecule has 0 aromatic heterocycles. The van der Waals surface area contributed by atoms with Crippen LogP contribution in [-0.2, 0) is 23.8 Å². The van der Waals surface area contributed by atoms with Gasteiger partial charge in [0, 0.05) is 0 Å². The van der Waals surface area contributed by atoms with Crippen LogP contribution in [0.5, 0.6) is 0 Å². The van der Waals surface area contributed by atoms with Gasteiger partial charge in [0.25, 0.3) is 10.1 Å². The molecule has 0 aliphatic carbocycles. The first-order valence-corrected chi connectivity index (χ1v) is 12.3. The zero-order valence-corrected chi connectivity index (χ0v) is 20.6. The second-order valence-electron chi connectivity index (χ2n) is 9.70. The first-order chi connectivity index (χ1) is 14.2. The van der Waals surface area contributed by atoms with Gasteiger partial charge in [-0.15, -0.1) is 0 Å². The van der Waals surface area contributed by atoms with Gasteiger partial charge in [-0.1, -0.05) is 31.0 Å². The summed E-state index contributed by atoms with van der Waals surface area (Å²) in [6, 6.07) is 6.38. The Morgan fingerprint density at radius 1 is 1.26 bits per heavy atom. The number of benzene rings is 1. The molecule has 1 fully saturated rings. The lowest BCUT2D eigenvalue weighted by Gasteiger charge is -2.36. The zero-order chi connectivity index (χ0) is 23.4. The average Bonchev–Trinajstić information content (AvgIpc) is 2.93. The molecular formula is C23H37NO6S. The monoisotopic (exact) mass is 455 g/mol. The minimum absolute atomic E-state index is 0.0438. The molecule has 7 nitrogen and oxygen atoms in total. The van der Waals surface area contributed by atoms with Crippen molar-refractivity contribution in [1.29, 1.82) is 0 Å². The quantitative estimate of drug-likeness (QED) is 0.520. The molecule has 0 saturated carbocycles. The predicted molar refractivity (Wildman–Crippen MR) is 119 cm³/mol. The lowest BCUT2D eigenvalue weighted by Crippen LogP contribution is -2.50. The molecule has 1 aliphatic rings. The summed E-state index contributed by atoms with van der Waals surface area (Å²) in [5, 5.41) is 0. The van der Waals surface area contributed by atoms with E-state index in [1.54, 1.807) is 29.2 Å². The maximum atomic E-state index is 12.9. The van der Waals surface area contributed by atoms with E-state index in [9.17, 15) is 13.2 Å². The van der Waals surface area contributed by atoms with E-state index < -0.39 is 27.5 Å². The number of rotatable bonds is 8. The van der Waals surface area contributed by atoms with Gasteiger partial charge in [0.05, 0.1) is 24.2 Å². The zero-order valence-electron chi connectivity index (χ0n) is 19.8. The second-order valence-corrected chi connectivity index (χ2v) is 11.3. The average molecular weight is 456 g/mol. The van der Waals surface area contributed by atoms with Crippen LogP contribution in [-0.4, -0.2) is 50.0 Å². The molecule has 0 spiro atoms. The van der Waals surface area contributed by atoms with Gasteiger partial charge in [0.15, 0.2) is 0 Å². The third-order valence-corrected chi connectivity index (χ3v) is 6.53. The Labute approximate surface area is 187 Å². The lowest BCUT2D eigenvalue weighted by atomic mass is 9.95. The fraction of sp³-hybridized carbons (Fsp3) is 0.696. The van der Waals surface area contributed by atoms with Crippen LogP contribution in [0.4, 0.5) is 4.79 Å². The van der Waals surface area contributed by atoms with Gasteiger partial charge in [-0.3, -0.25) is 9.08 Å². The first kappa shape index (κ1) is 25.6. The van der Waals surface area contributed by atoms with Gasteiger partial charge < -0.3 is 9.47 Å². The standard InChI is InChI=1S/C23H37NO6S/c1-8-9-18(15-29-31(26,27)20-12-10-17(2)11-13-20)14-19-16-28-23(6,7)24(19)21(25)30-22(3,4)5/h10-13,18-19H,8-9,14-16H2,1-7H3/t18-,19+/m1/s1. The van der Waals surface area contributed by atoms with E-state index in [0.717, 1.165) is 18.4 Å². The number of aryl methyl sites for hydroxylation is 1. The Hall–Kier alpha value is -1.64. The van der Waals surface area contributed by atoms with Crippen molar-refractivity contribution >= 4 is 16.2 Å². The van der Waals surface area contributed by atoms with Crippen LogP contribution in [0.15, 0.2) is 29.2 Å². The number of amides is 1. The normalized spacial score (nSPS) is 20.0. The molecule has 1 amide bonds. The largest absolute Gasteiger partial charge is 0.444 e. The van der Waals surface area contributed by atoms with Gasteiger partial charge in [-0.2, -0.15) is 8.42 Å². The van der Waals surface area contributed by atoms with Gasteiger partial charge >= 0.3 is 6.09 Å². The molecule has 8 heteroatoms. The van der Waals surface area contributed by atoms with E-state index in [1.807, 2.05) is 48.5 Å². The molecule has 0 N–H and O–H groups in total. The summed E-state index contributed by atoms with van der Waals surface area (Å²) in [5.41, 5.74) is -0.429. The SMILES string of the molecule is CCC[C@@H](COS(=O)(=O)c1ccc(C)cc1)C[C@H]1COC(C)(C)N1C(=O)OC(C)(C)C. The Morgan fingerprint density at radius 2 is 1.87 bits per heavy atom. The van der Waals surface area contributed by atoms with E-state index in [4.69, 9.17) is 13.7 Å². The Balaban J connectivity index is 2.10. The number of carbonyl (C=O) groups excluding carboxylic acids is 1. The van der Waals surface area contributed by atoms with Crippen LogP contribution < -0.4 is 0 Å². The molecule has 1 aliphatic heterocycles. The highest BCUT2D eigenvalue weighted by molar-refractivity contribution is 7.86. The van der Waals surface area contributed by atoms with Crippen LogP contribution in [0, 0.1) is 12.8 Å². The third-order valence-electron chi connectivity index (χ3n) is 5.24. The number of hydrogen-bond donors (Lipinski definition) is 0. The van der Waals surface area contributed by atoms with Crippen molar-refractivity contribution < 1.29 is 26.9 Å². The summed E-state index contributed by atoms with van der Waals surface area (Å²) < 4.78 is 42.0. The van der Waals surface area contributed by atoms with Crippen LogP contribution in [0.2, 0.25) is 0 Å². The molecular weight excluding hydrogens is 418 g/mol. The minimum atomic E-state index is -3.84. The molecule has 1 heterocycles. The van der Waals surface area contributed by atoms with Crippen molar-refractivity contribution in [1.82, 2.24) is 4.90 Å². The summed E-state index contributed by atoms with van der Waals surface area (Å²) in [5.74, 6) is -0.0438. The summed E-state index contributed by atoms with van der Waals surface area (Å²) >= 11 is 0. The van der Waals surface area contributed by atoms with Crippen molar-refractivity contribution in [2.24, 2.45) is 5.92 Å². The highest BCUT2D eigenvalue weighted by Gasteiger charge is 2.46. The van der Waals surface area contributed by atoms with Crippen LogP contribution in [0.1, 0.15) is 66.4 Å². The van der Waals surface area contributed by atoms with Crippen LogP contribution in [0.25, 0.3) is 0 Å². The van der Waals surface area contributed by atoms with Crippen molar-refractivity contribution in [2.45, 2.75) is 90.0 Å². The highest BCUT2D eigenvalue weighted by atomic mass is 32.2. The van der Waals surface area contributed by atoms with E-state index in [2.05, 4.69) is 0 Å². The van der Waals surface area contributed by atoms with Gasteiger partial charge in [-0.05, 0) is 72.4 Å². The van der Waals surface area contributed by atoms with Crippen molar-refractivity contribution in [3.8, 4) is 0 Å². The van der Waals surface area contributed by atoms with E-state index >= 15 is 0 Å². The molecule has 1 saturated heterocycles. The van der Waals surface area contributed by atoms with Gasteiger partial charge in [-0.25, -0.2) is 4.79 Å². The topological polar surface area (TPSA) is 82.1 Å². The smallest absolute Gasteiger partial charge is 0.412 e. The van der Waals surface area contributed by atoms with Gasteiger partial charge in [0.2, 0.25) is 0 Å². The lowest BCUT2D eigenvalue weighted by molar-refractivity contribution is -0.0633. The van der Waals surface area contributed by atoms with Crippen LogP contribution in [0.3, 0.4) is 0 Å². The van der Waals surface area contributed by atoms with E-state index in [0.29, 0.717) is 13.0 Å². The van der Waals surface area contributed by atoms with Crippen molar-refractivity contribution in [3.63, 3.8) is 0 Å².